The summed E-state index contributed by atoms with van der Waals surface area (Å²) in [5, 5.41) is 0.555. The highest BCUT2D eigenvalue weighted by molar-refractivity contribution is 8.13. The van der Waals surface area contributed by atoms with Crippen LogP contribution in [0, 0.1) is 20.8 Å². The zero-order valence-electron chi connectivity index (χ0n) is 7.77. The van der Waals surface area contributed by atoms with E-state index in [0.29, 0.717) is 5.30 Å². The molecule has 1 rings (SSSR count). The van der Waals surface area contributed by atoms with E-state index in [-0.39, 0.29) is 0 Å². The second kappa shape index (κ2) is 3.65. The molecule has 0 fully saturated rings. The van der Waals surface area contributed by atoms with Crippen molar-refractivity contribution in [2.75, 3.05) is 0 Å². The van der Waals surface area contributed by atoms with E-state index in [1.807, 2.05) is 26.8 Å². The van der Waals surface area contributed by atoms with Gasteiger partial charge in [-0.25, -0.2) is 0 Å². The first-order valence-electron chi connectivity index (χ1n) is 3.90. The maximum atomic E-state index is 11.4. The number of halogens is 2. The summed E-state index contributed by atoms with van der Waals surface area (Å²) >= 11 is 11.2. The van der Waals surface area contributed by atoms with Gasteiger partial charge in [-0.15, -0.1) is 0 Å². The van der Waals surface area contributed by atoms with E-state index in [9.17, 15) is 4.57 Å². The van der Waals surface area contributed by atoms with Crippen molar-refractivity contribution in [1.82, 2.24) is 0 Å². The Morgan fingerprint density at radius 3 is 1.92 bits per heavy atom. The van der Waals surface area contributed by atoms with Gasteiger partial charge in [0, 0.05) is 5.30 Å². The number of benzene rings is 1. The van der Waals surface area contributed by atoms with Gasteiger partial charge >= 0.3 is 0 Å². The summed E-state index contributed by atoms with van der Waals surface area (Å²) in [6, 6.07) is 3.74. The molecule has 0 aliphatic heterocycles. The smallest absolute Gasteiger partial charge is 0.282 e. The Morgan fingerprint density at radius 2 is 1.46 bits per heavy atom. The van der Waals surface area contributed by atoms with Gasteiger partial charge in [0.1, 0.15) is 0 Å². The second-order valence-electron chi connectivity index (χ2n) is 3.19. The molecule has 0 saturated carbocycles. The highest BCUT2D eigenvalue weighted by Gasteiger charge is 2.20. The van der Waals surface area contributed by atoms with Gasteiger partial charge in [-0.1, -0.05) is 6.07 Å². The zero-order valence-corrected chi connectivity index (χ0v) is 10.2. The largest absolute Gasteiger partial charge is 0.284 e. The SMILES string of the molecule is Cc1cc(C)c(P(=O)(Cl)Cl)cc1C. The third-order valence-electron chi connectivity index (χ3n) is 2.09. The van der Waals surface area contributed by atoms with Gasteiger partial charge in [0.2, 0.25) is 0 Å². The van der Waals surface area contributed by atoms with Crippen LogP contribution in [0.25, 0.3) is 0 Å². The average Bonchev–Trinajstić information content (AvgIpc) is 1.94. The molecule has 0 radical (unpaired) electrons. The Bertz CT molecular complexity index is 381. The summed E-state index contributed by atoms with van der Waals surface area (Å²) < 4.78 is 11.4. The van der Waals surface area contributed by atoms with Crippen molar-refractivity contribution in [1.29, 1.82) is 0 Å². The average molecular weight is 237 g/mol. The lowest BCUT2D eigenvalue weighted by Crippen LogP contribution is -2.04. The Kier molecular flexibility index (Phi) is 3.12. The van der Waals surface area contributed by atoms with Crippen LogP contribution in [0.3, 0.4) is 0 Å². The molecule has 0 aliphatic rings. The van der Waals surface area contributed by atoms with Crippen LogP contribution in [0.4, 0.5) is 0 Å². The fourth-order valence-corrected chi connectivity index (χ4v) is 3.14. The molecule has 0 amide bonds. The van der Waals surface area contributed by atoms with Crippen molar-refractivity contribution in [3.8, 4) is 0 Å². The highest BCUT2D eigenvalue weighted by atomic mass is 35.9. The summed E-state index contributed by atoms with van der Waals surface area (Å²) in [6.45, 7) is 5.81. The number of aryl methyl sites for hydroxylation is 3. The van der Waals surface area contributed by atoms with E-state index in [1.165, 1.54) is 0 Å². The summed E-state index contributed by atoms with van der Waals surface area (Å²) in [7, 11) is 0. The Hall–Kier alpha value is 0.0300. The summed E-state index contributed by atoms with van der Waals surface area (Å²) in [5.74, 6) is -3.16. The molecule has 72 valence electrons. The van der Waals surface area contributed by atoms with Gasteiger partial charge in [-0.2, -0.15) is 0 Å². The maximum absolute atomic E-state index is 11.4. The molecule has 0 aromatic heterocycles. The first kappa shape index (κ1) is 11.1. The predicted octanol–water partition coefficient (Wildman–Crippen LogP) is 3.91. The van der Waals surface area contributed by atoms with Crippen molar-refractivity contribution in [3.05, 3.63) is 28.8 Å². The Labute approximate surface area is 88.0 Å². The van der Waals surface area contributed by atoms with Gasteiger partial charge < -0.3 is 0 Å². The monoisotopic (exact) mass is 236 g/mol. The van der Waals surface area contributed by atoms with E-state index in [0.717, 1.165) is 16.7 Å². The third-order valence-corrected chi connectivity index (χ3v) is 4.23. The molecule has 13 heavy (non-hydrogen) atoms. The molecule has 1 aromatic carbocycles. The molecule has 0 spiro atoms. The fourth-order valence-electron chi connectivity index (χ4n) is 1.23. The summed E-state index contributed by atoms with van der Waals surface area (Å²) in [4.78, 5) is 0. The minimum absolute atomic E-state index is 0.555. The molecule has 0 unspecified atom stereocenters. The molecular formula is C9H11Cl2OP. The van der Waals surface area contributed by atoms with Crippen LogP contribution in [0.15, 0.2) is 12.1 Å². The second-order valence-corrected chi connectivity index (χ2v) is 7.97. The van der Waals surface area contributed by atoms with E-state index >= 15 is 0 Å². The standard InChI is InChI=1S/C9H11Cl2OP/c1-6-4-8(3)9(5-7(6)2)13(10,11)12/h4-5H,1-3H3. The number of hydrogen-bond acceptors (Lipinski definition) is 1. The minimum Gasteiger partial charge on any atom is -0.284 e. The molecule has 4 heteroatoms. The molecule has 0 heterocycles. The lowest BCUT2D eigenvalue weighted by atomic mass is 10.1. The lowest BCUT2D eigenvalue weighted by molar-refractivity contribution is 0.597. The van der Waals surface area contributed by atoms with Crippen molar-refractivity contribution in [2.45, 2.75) is 20.8 Å². The molecular weight excluding hydrogens is 226 g/mol. The van der Waals surface area contributed by atoms with Crippen molar-refractivity contribution < 1.29 is 4.57 Å². The van der Waals surface area contributed by atoms with E-state index in [1.54, 1.807) is 6.07 Å². The molecule has 0 bridgehead atoms. The molecule has 0 N–H and O–H groups in total. The normalized spacial score (nSPS) is 11.8. The minimum atomic E-state index is -3.16. The van der Waals surface area contributed by atoms with Crippen LogP contribution in [0.5, 0.6) is 0 Å². The molecule has 0 saturated heterocycles. The van der Waals surface area contributed by atoms with Crippen LogP contribution in [0.1, 0.15) is 16.7 Å². The topological polar surface area (TPSA) is 17.1 Å². The van der Waals surface area contributed by atoms with Crippen LogP contribution in [-0.4, -0.2) is 0 Å². The van der Waals surface area contributed by atoms with Gasteiger partial charge in [0.05, 0.1) is 0 Å². The molecule has 0 atom stereocenters. The first-order chi connectivity index (χ1) is 5.82. The number of hydrogen-bond donors (Lipinski definition) is 0. The maximum Gasteiger partial charge on any atom is 0.282 e. The molecule has 1 nitrogen and oxygen atoms in total. The van der Waals surface area contributed by atoms with Crippen molar-refractivity contribution in [3.63, 3.8) is 0 Å². The van der Waals surface area contributed by atoms with Gasteiger partial charge in [0.15, 0.2) is 0 Å². The predicted molar refractivity (Wildman–Crippen MR) is 59.6 cm³/mol. The van der Waals surface area contributed by atoms with Gasteiger partial charge in [-0.3, -0.25) is 4.57 Å². The fraction of sp³-hybridized carbons (Fsp3) is 0.333. The van der Waals surface area contributed by atoms with E-state index in [2.05, 4.69) is 0 Å². The third kappa shape index (κ3) is 2.49. The highest BCUT2D eigenvalue weighted by Crippen LogP contribution is 2.55. The quantitative estimate of drug-likeness (QED) is 0.676. The lowest BCUT2D eigenvalue weighted by Gasteiger charge is -2.09. The van der Waals surface area contributed by atoms with Crippen LogP contribution in [-0.2, 0) is 4.57 Å². The molecule has 0 aliphatic carbocycles. The number of rotatable bonds is 1. The Balaban J connectivity index is 3.41. The van der Waals surface area contributed by atoms with E-state index < -0.39 is 5.85 Å². The van der Waals surface area contributed by atoms with E-state index in [4.69, 9.17) is 22.5 Å². The van der Waals surface area contributed by atoms with Crippen LogP contribution < -0.4 is 5.30 Å². The van der Waals surface area contributed by atoms with Crippen molar-refractivity contribution in [2.24, 2.45) is 0 Å². The van der Waals surface area contributed by atoms with Crippen LogP contribution >= 0.6 is 28.3 Å². The van der Waals surface area contributed by atoms with Gasteiger partial charge in [0.25, 0.3) is 5.85 Å². The summed E-state index contributed by atoms with van der Waals surface area (Å²) in [5.41, 5.74) is 3.10. The zero-order chi connectivity index (χ0) is 10.2. The van der Waals surface area contributed by atoms with Crippen molar-refractivity contribution >= 4 is 33.6 Å². The summed E-state index contributed by atoms with van der Waals surface area (Å²) in [6.07, 6.45) is 0. The Morgan fingerprint density at radius 1 is 1.00 bits per heavy atom. The van der Waals surface area contributed by atoms with Gasteiger partial charge in [-0.05, 0) is 66.0 Å². The molecule has 1 aromatic rings. The van der Waals surface area contributed by atoms with Crippen LogP contribution in [0.2, 0.25) is 0 Å². The first-order valence-corrected chi connectivity index (χ1v) is 7.42.